The zero-order chi connectivity index (χ0) is 28.9. The highest BCUT2D eigenvalue weighted by molar-refractivity contribution is 5.89. The van der Waals surface area contributed by atoms with Crippen molar-refractivity contribution in [2.75, 3.05) is 50.6 Å². The van der Waals surface area contributed by atoms with Crippen LogP contribution >= 0.6 is 0 Å². The molecule has 1 aliphatic heterocycles. The third-order valence-electron chi connectivity index (χ3n) is 7.39. The van der Waals surface area contributed by atoms with Gasteiger partial charge < -0.3 is 24.8 Å². The first kappa shape index (κ1) is 33.3. The molecule has 1 aliphatic rings. The van der Waals surface area contributed by atoms with Gasteiger partial charge in [-0.3, -0.25) is 14.4 Å². The van der Waals surface area contributed by atoms with Gasteiger partial charge in [-0.05, 0) is 68.3 Å². The number of anilines is 2. The van der Waals surface area contributed by atoms with Crippen molar-refractivity contribution in [1.82, 2.24) is 10.2 Å². The number of piperidine rings is 1. The van der Waals surface area contributed by atoms with Crippen LogP contribution in [-0.2, 0) is 19.2 Å². The molecule has 2 amide bonds. The van der Waals surface area contributed by atoms with Gasteiger partial charge in [0.2, 0.25) is 12.3 Å². The van der Waals surface area contributed by atoms with E-state index in [1.807, 2.05) is 24.1 Å². The van der Waals surface area contributed by atoms with Gasteiger partial charge in [-0.25, -0.2) is 0 Å². The largest absolute Gasteiger partial charge is 0.361 e. The molecule has 0 saturated carbocycles. The number of rotatable bonds is 12. The Labute approximate surface area is 230 Å². The number of likely N-dealkylation sites (tertiary alicyclic amines) is 1. The Hall–Kier alpha value is -2.74. The number of ketones is 1. The molecule has 2 rings (SSSR count). The minimum Gasteiger partial charge on any atom is -0.361 e. The van der Waals surface area contributed by atoms with Crippen LogP contribution in [0.5, 0.6) is 0 Å². The summed E-state index contributed by atoms with van der Waals surface area (Å²) in [6.45, 7) is 13.3. The molecule has 1 heterocycles. The third-order valence-corrected chi connectivity index (χ3v) is 7.39. The van der Waals surface area contributed by atoms with E-state index in [2.05, 4.69) is 44.0 Å². The fraction of sp³-hybridized carbons (Fsp3) is 0.667. The number of nitrogens with one attached hydrogen (secondary N) is 1. The minimum absolute atomic E-state index is 0.170. The second-order valence-corrected chi connectivity index (χ2v) is 11.4. The van der Waals surface area contributed by atoms with Gasteiger partial charge in [-0.1, -0.05) is 40.2 Å². The van der Waals surface area contributed by atoms with E-state index in [1.165, 1.54) is 16.9 Å². The van der Waals surface area contributed by atoms with Gasteiger partial charge in [-0.2, -0.15) is 0 Å². The number of carbonyl (C=O) groups excluding carboxylic acids is 4. The lowest BCUT2D eigenvalue weighted by Crippen LogP contribution is -2.44. The molecule has 0 radical (unpaired) electrons. The predicted molar refractivity (Wildman–Crippen MR) is 156 cm³/mol. The lowest BCUT2D eigenvalue weighted by atomic mass is 9.88. The molecule has 0 aliphatic carbocycles. The number of carbonyl (C=O) groups is 4. The Balaban J connectivity index is 0.00000107. The van der Waals surface area contributed by atoms with E-state index in [9.17, 15) is 19.2 Å². The number of benzene rings is 1. The molecular formula is C30H50N4O4. The van der Waals surface area contributed by atoms with Crippen molar-refractivity contribution in [2.45, 2.75) is 85.1 Å². The summed E-state index contributed by atoms with van der Waals surface area (Å²) in [6, 6.07) is 5.56. The molecule has 0 aromatic heterocycles. The van der Waals surface area contributed by atoms with Gasteiger partial charge in [0.15, 0.2) is 0 Å². The Bertz CT molecular complexity index is 904. The van der Waals surface area contributed by atoms with Gasteiger partial charge >= 0.3 is 0 Å². The second-order valence-electron chi connectivity index (χ2n) is 11.4. The van der Waals surface area contributed by atoms with Crippen molar-refractivity contribution in [2.24, 2.45) is 5.41 Å². The lowest BCUT2D eigenvalue weighted by molar-refractivity contribution is -0.122. The number of Topliss-reactive ketones (excluding diaryl/α,β-unsaturated/α-hetero) is 1. The Kier molecular flexibility index (Phi) is 14.3. The van der Waals surface area contributed by atoms with Crippen LogP contribution in [0.3, 0.4) is 0 Å². The van der Waals surface area contributed by atoms with Crippen molar-refractivity contribution in [3.8, 4) is 0 Å². The van der Waals surface area contributed by atoms with E-state index in [1.54, 1.807) is 21.0 Å². The molecule has 8 heteroatoms. The van der Waals surface area contributed by atoms with E-state index in [0.717, 1.165) is 56.5 Å². The van der Waals surface area contributed by atoms with Gasteiger partial charge in [-0.15, -0.1) is 0 Å². The molecule has 0 spiro atoms. The number of amides is 2. The predicted octanol–water partition coefficient (Wildman–Crippen LogP) is 4.41. The van der Waals surface area contributed by atoms with E-state index < -0.39 is 6.04 Å². The van der Waals surface area contributed by atoms with Crippen molar-refractivity contribution in [3.05, 3.63) is 23.8 Å². The minimum atomic E-state index is -0.514. The van der Waals surface area contributed by atoms with Gasteiger partial charge in [0.25, 0.3) is 0 Å². The van der Waals surface area contributed by atoms with Crippen LogP contribution in [0.4, 0.5) is 11.4 Å². The Morgan fingerprint density at radius 1 is 1.13 bits per heavy atom. The molecule has 38 heavy (non-hydrogen) atoms. The topological polar surface area (TPSA) is 90.0 Å². The number of hydrogen-bond acceptors (Lipinski definition) is 6. The number of nitrogens with zero attached hydrogens (tertiary/aromatic N) is 3. The summed E-state index contributed by atoms with van der Waals surface area (Å²) in [5, 5.41) is 2.67. The normalized spacial score (nSPS) is 15.1. The summed E-state index contributed by atoms with van der Waals surface area (Å²) in [6.07, 6.45) is 6.11. The molecule has 214 valence electrons. The van der Waals surface area contributed by atoms with E-state index >= 15 is 0 Å². The van der Waals surface area contributed by atoms with Crippen LogP contribution in [0.2, 0.25) is 0 Å². The number of hydrogen-bond donors (Lipinski definition) is 1. The Morgan fingerprint density at radius 2 is 1.74 bits per heavy atom. The molecule has 1 unspecified atom stereocenters. The molecule has 1 fully saturated rings. The van der Waals surface area contributed by atoms with Gasteiger partial charge in [0.1, 0.15) is 18.1 Å². The lowest BCUT2D eigenvalue weighted by Gasteiger charge is -2.34. The number of aldehydes is 1. The quantitative estimate of drug-likeness (QED) is 0.403. The first-order valence-electron chi connectivity index (χ1n) is 13.8. The average molecular weight is 531 g/mol. The summed E-state index contributed by atoms with van der Waals surface area (Å²) >= 11 is 0. The fourth-order valence-electron chi connectivity index (χ4n) is 4.30. The van der Waals surface area contributed by atoms with Crippen LogP contribution in [0.15, 0.2) is 18.2 Å². The summed E-state index contributed by atoms with van der Waals surface area (Å²) in [5.41, 5.74) is 3.21. The summed E-state index contributed by atoms with van der Waals surface area (Å²) < 4.78 is 0. The SMILES string of the molecule is CCC(C)(C)C.CNC(=O)C(CCC=O)N(C)c1ccc(C2CCN(CCC(C)=O)CC2)cc1N(C)C=O. The summed E-state index contributed by atoms with van der Waals surface area (Å²) in [5.74, 6) is 0.430. The molecular weight excluding hydrogens is 480 g/mol. The zero-order valence-corrected chi connectivity index (χ0v) is 24.9. The molecule has 0 bridgehead atoms. The fourth-order valence-corrected chi connectivity index (χ4v) is 4.30. The monoisotopic (exact) mass is 530 g/mol. The van der Waals surface area contributed by atoms with Crippen molar-refractivity contribution in [3.63, 3.8) is 0 Å². The summed E-state index contributed by atoms with van der Waals surface area (Å²) in [7, 11) is 5.10. The van der Waals surface area contributed by atoms with Gasteiger partial charge in [0.05, 0.1) is 11.4 Å². The molecule has 8 nitrogen and oxygen atoms in total. The third kappa shape index (κ3) is 10.9. The summed E-state index contributed by atoms with van der Waals surface area (Å²) in [4.78, 5) is 51.9. The first-order chi connectivity index (χ1) is 17.9. The Morgan fingerprint density at radius 3 is 2.21 bits per heavy atom. The molecule has 1 N–H and O–H groups in total. The number of likely N-dealkylation sites (N-methyl/N-ethyl adjacent to an activating group) is 2. The molecule has 1 aromatic carbocycles. The molecule has 1 atom stereocenters. The van der Waals surface area contributed by atoms with Crippen LogP contribution in [0.25, 0.3) is 0 Å². The highest BCUT2D eigenvalue weighted by Gasteiger charge is 2.27. The smallest absolute Gasteiger partial charge is 0.242 e. The second kappa shape index (κ2) is 16.3. The maximum atomic E-state index is 12.4. The van der Waals surface area contributed by atoms with E-state index in [-0.39, 0.29) is 18.1 Å². The first-order valence-corrected chi connectivity index (χ1v) is 13.8. The van der Waals surface area contributed by atoms with Crippen LogP contribution < -0.4 is 15.1 Å². The van der Waals surface area contributed by atoms with Crippen molar-refractivity contribution >= 4 is 35.8 Å². The highest BCUT2D eigenvalue weighted by Crippen LogP contribution is 2.36. The average Bonchev–Trinajstić information content (AvgIpc) is 2.91. The molecule has 1 aromatic rings. The van der Waals surface area contributed by atoms with Crippen molar-refractivity contribution < 1.29 is 19.2 Å². The standard InChI is InChI=1S/C24H36N4O4.C6H14/c1-18(31)9-12-28-13-10-19(11-14-28)20-7-8-21(23(16-20)26(3)17-30)27(4)22(6-5-15-29)24(32)25-2;1-5-6(2,3)4/h7-8,15-17,19,22H,5-6,9-14H2,1-4H3,(H,25,32);5H2,1-4H3. The van der Waals surface area contributed by atoms with Gasteiger partial charge in [0, 0.05) is 40.5 Å². The van der Waals surface area contributed by atoms with E-state index in [4.69, 9.17) is 0 Å². The maximum absolute atomic E-state index is 12.4. The van der Waals surface area contributed by atoms with Crippen LogP contribution in [0.1, 0.15) is 84.6 Å². The highest BCUT2D eigenvalue weighted by atomic mass is 16.2. The van der Waals surface area contributed by atoms with E-state index in [0.29, 0.717) is 24.2 Å². The zero-order valence-electron chi connectivity index (χ0n) is 24.9. The molecule has 1 saturated heterocycles. The van der Waals surface area contributed by atoms with Crippen LogP contribution in [0, 0.1) is 5.41 Å². The van der Waals surface area contributed by atoms with Crippen molar-refractivity contribution in [1.29, 1.82) is 0 Å². The van der Waals surface area contributed by atoms with Crippen LogP contribution in [-0.4, -0.2) is 76.1 Å². The maximum Gasteiger partial charge on any atom is 0.242 e.